The Kier molecular flexibility index (Phi) is 4.17. The zero-order chi connectivity index (χ0) is 17.6. The van der Waals surface area contributed by atoms with Gasteiger partial charge in [0, 0.05) is 13.1 Å². The lowest BCUT2D eigenvalue weighted by Gasteiger charge is -2.07. The third kappa shape index (κ3) is 2.82. The van der Waals surface area contributed by atoms with Crippen LogP contribution in [0.25, 0.3) is 10.2 Å². The van der Waals surface area contributed by atoms with Crippen LogP contribution in [0.1, 0.15) is 47.2 Å². The average Bonchev–Trinajstić information content (AvgIpc) is 3.02. The number of aromatic nitrogens is 3. The number of thiazole rings is 1. The van der Waals surface area contributed by atoms with Gasteiger partial charge in [-0.15, -0.1) is 0 Å². The monoisotopic (exact) mass is 342 g/mol. The molecule has 0 saturated carbocycles. The highest BCUT2D eigenvalue weighted by Gasteiger charge is 2.16. The number of aryl methyl sites for hydroxylation is 4. The van der Waals surface area contributed by atoms with Crippen molar-refractivity contribution in [3.05, 3.63) is 45.5 Å². The van der Waals surface area contributed by atoms with Gasteiger partial charge in [-0.1, -0.05) is 17.4 Å². The smallest absolute Gasteiger partial charge is 0.297 e. The van der Waals surface area contributed by atoms with Gasteiger partial charge in [0.05, 0.1) is 15.9 Å². The highest BCUT2D eigenvalue weighted by Crippen LogP contribution is 2.22. The van der Waals surface area contributed by atoms with E-state index in [-0.39, 0.29) is 11.9 Å². The van der Waals surface area contributed by atoms with Crippen LogP contribution >= 0.6 is 11.3 Å². The first kappa shape index (κ1) is 16.6. The maximum Gasteiger partial charge on any atom is 0.297 e. The van der Waals surface area contributed by atoms with Gasteiger partial charge in [-0.25, -0.2) is 0 Å². The second-order valence-electron chi connectivity index (χ2n) is 6.50. The first-order chi connectivity index (χ1) is 11.3. The summed E-state index contributed by atoms with van der Waals surface area (Å²) in [4.78, 5) is 17.8. The summed E-state index contributed by atoms with van der Waals surface area (Å²) in [5.74, 6) is -0.249. The molecule has 3 rings (SSSR count). The van der Waals surface area contributed by atoms with Crippen LogP contribution in [0, 0.1) is 20.8 Å². The first-order valence-corrected chi connectivity index (χ1v) is 8.81. The Morgan fingerprint density at radius 1 is 1.21 bits per heavy atom. The lowest BCUT2D eigenvalue weighted by Crippen LogP contribution is -2.16. The number of carbonyl (C=O) groups excluding carboxylic acids is 1. The molecule has 0 unspecified atom stereocenters. The standard InChI is InChI=1S/C18H22N4OS/c1-10(2)22-15(9-13(5)20-22)17(23)19-18-21(6)14-8-11(3)7-12(4)16(14)24-18/h7-10H,1-6H3. The van der Waals surface area contributed by atoms with Gasteiger partial charge in [-0.2, -0.15) is 10.1 Å². The van der Waals surface area contributed by atoms with Crippen molar-refractivity contribution in [2.75, 3.05) is 0 Å². The minimum Gasteiger partial charge on any atom is -0.319 e. The Balaban J connectivity index is 2.16. The molecule has 5 nitrogen and oxygen atoms in total. The van der Waals surface area contributed by atoms with Crippen LogP contribution in [-0.2, 0) is 7.05 Å². The number of rotatable bonds is 2. The largest absolute Gasteiger partial charge is 0.319 e. The van der Waals surface area contributed by atoms with E-state index >= 15 is 0 Å². The molecule has 24 heavy (non-hydrogen) atoms. The number of nitrogens with zero attached hydrogens (tertiary/aromatic N) is 4. The van der Waals surface area contributed by atoms with Gasteiger partial charge >= 0.3 is 0 Å². The van der Waals surface area contributed by atoms with Crippen LogP contribution in [-0.4, -0.2) is 20.3 Å². The van der Waals surface area contributed by atoms with Gasteiger partial charge in [0.25, 0.3) is 5.91 Å². The Labute approximate surface area is 145 Å². The average molecular weight is 342 g/mol. The summed E-state index contributed by atoms with van der Waals surface area (Å²) in [5, 5.41) is 4.40. The molecular formula is C18H22N4OS. The second-order valence-corrected chi connectivity index (χ2v) is 7.48. The highest BCUT2D eigenvalue weighted by atomic mass is 32.1. The third-order valence-electron chi connectivity index (χ3n) is 4.00. The fourth-order valence-corrected chi connectivity index (χ4v) is 3.96. The summed E-state index contributed by atoms with van der Waals surface area (Å²) >= 11 is 1.55. The second kappa shape index (κ2) is 6.02. The summed E-state index contributed by atoms with van der Waals surface area (Å²) in [6.07, 6.45) is 0. The number of fused-ring (bicyclic) bond motifs is 1. The molecule has 1 amide bonds. The summed E-state index contributed by atoms with van der Waals surface area (Å²) in [7, 11) is 1.95. The van der Waals surface area contributed by atoms with Crippen LogP contribution < -0.4 is 4.80 Å². The molecule has 0 fully saturated rings. The van der Waals surface area contributed by atoms with E-state index in [1.54, 1.807) is 22.1 Å². The molecule has 0 aliphatic rings. The Morgan fingerprint density at radius 3 is 2.58 bits per heavy atom. The van der Waals surface area contributed by atoms with Crippen LogP contribution in [0.4, 0.5) is 0 Å². The van der Waals surface area contributed by atoms with E-state index in [1.807, 2.05) is 32.4 Å². The predicted molar refractivity (Wildman–Crippen MR) is 97.5 cm³/mol. The minimum atomic E-state index is -0.249. The van der Waals surface area contributed by atoms with Gasteiger partial charge in [0.1, 0.15) is 5.69 Å². The van der Waals surface area contributed by atoms with E-state index in [0.29, 0.717) is 10.5 Å². The SMILES string of the molecule is Cc1cc(C)c2sc(=NC(=O)c3cc(C)nn3C(C)C)n(C)c2c1. The summed E-state index contributed by atoms with van der Waals surface area (Å²) in [6, 6.07) is 6.20. The molecule has 0 aliphatic carbocycles. The van der Waals surface area contributed by atoms with Crippen molar-refractivity contribution >= 4 is 27.5 Å². The molecule has 0 spiro atoms. The Hall–Kier alpha value is -2.21. The number of amides is 1. The van der Waals surface area contributed by atoms with Crippen molar-refractivity contribution in [3.63, 3.8) is 0 Å². The molecule has 0 atom stereocenters. The first-order valence-electron chi connectivity index (χ1n) is 8.00. The highest BCUT2D eigenvalue weighted by molar-refractivity contribution is 7.16. The number of benzene rings is 1. The van der Waals surface area contributed by atoms with Gasteiger partial charge < -0.3 is 4.57 Å². The summed E-state index contributed by atoms with van der Waals surface area (Å²) in [6.45, 7) is 10.1. The molecule has 6 heteroatoms. The number of hydrogen-bond donors (Lipinski definition) is 0. The molecule has 2 aromatic heterocycles. The van der Waals surface area contributed by atoms with E-state index in [0.717, 1.165) is 11.2 Å². The fourth-order valence-electron chi connectivity index (χ4n) is 2.89. The third-order valence-corrected chi connectivity index (χ3v) is 5.29. The molecule has 3 aromatic rings. The van der Waals surface area contributed by atoms with Crippen molar-refractivity contribution in [2.24, 2.45) is 12.0 Å². The Bertz CT molecular complexity index is 1000. The van der Waals surface area contributed by atoms with E-state index in [1.165, 1.54) is 15.8 Å². The van der Waals surface area contributed by atoms with E-state index in [2.05, 4.69) is 36.1 Å². The van der Waals surface area contributed by atoms with Gasteiger partial charge in [0.2, 0.25) is 0 Å². The van der Waals surface area contributed by atoms with Crippen molar-refractivity contribution in [2.45, 2.75) is 40.7 Å². The fraction of sp³-hybridized carbons (Fsp3) is 0.389. The molecular weight excluding hydrogens is 320 g/mol. The zero-order valence-electron chi connectivity index (χ0n) is 14.9. The van der Waals surface area contributed by atoms with Crippen LogP contribution in [0.3, 0.4) is 0 Å². The normalized spacial score (nSPS) is 12.5. The van der Waals surface area contributed by atoms with Crippen LogP contribution in [0.15, 0.2) is 23.2 Å². The minimum absolute atomic E-state index is 0.119. The molecule has 2 heterocycles. The van der Waals surface area contributed by atoms with Crippen molar-refractivity contribution < 1.29 is 4.79 Å². The van der Waals surface area contributed by atoms with Crippen LogP contribution in [0.5, 0.6) is 0 Å². The number of carbonyl (C=O) groups is 1. The molecule has 0 radical (unpaired) electrons. The summed E-state index contributed by atoms with van der Waals surface area (Å²) < 4.78 is 4.90. The molecule has 0 N–H and O–H groups in total. The summed E-state index contributed by atoms with van der Waals surface area (Å²) in [5.41, 5.74) is 4.89. The van der Waals surface area contributed by atoms with Crippen molar-refractivity contribution in [1.29, 1.82) is 0 Å². The maximum absolute atomic E-state index is 12.7. The predicted octanol–water partition coefficient (Wildman–Crippen LogP) is 3.68. The molecule has 0 aliphatic heterocycles. The van der Waals surface area contributed by atoms with Crippen molar-refractivity contribution in [3.8, 4) is 0 Å². The molecule has 126 valence electrons. The molecule has 1 aromatic carbocycles. The molecule has 0 saturated heterocycles. The maximum atomic E-state index is 12.7. The van der Waals surface area contributed by atoms with Gasteiger partial charge in [-0.05, 0) is 57.9 Å². The lowest BCUT2D eigenvalue weighted by molar-refractivity contribution is 0.0986. The van der Waals surface area contributed by atoms with Crippen LogP contribution in [0.2, 0.25) is 0 Å². The van der Waals surface area contributed by atoms with Gasteiger partial charge in [-0.3, -0.25) is 9.48 Å². The van der Waals surface area contributed by atoms with E-state index in [4.69, 9.17) is 0 Å². The lowest BCUT2D eigenvalue weighted by atomic mass is 10.1. The number of hydrogen-bond acceptors (Lipinski definition) is 3. The van der Waals surface area contributed by atoms with E-state index in [9.17, 15) is 4.79 Å². The van der Waals surface area contributed by atoms with Gasteiger partial charge in [0.15, 0.2) is 4.80 Å². The van der Waals surface area contributed by atoms with Crippen molar-refractivity contribution in [1.82, 2.24) is 14.3 Å². The quantitative estimate of drug-likeness (QED) is 0.713. The topological polar surface area (TPSA) is 52.2 Å². The molecule has 0 bridgehead atoms. The zero-order valence-corrected chi connectivity index (χ0v) is 15.7. The van der Waals surface area contributed by atoms with E-state index < -0.39 is 0 Å². The Morgan fingerprint density at radius 2 is 1.92 bits per heavy atom.